The average Bonchev–Trinajstić information content (AvgIpc) is 3.06. The van der Waals surface area contributed by atoms with Crippen molar-refractivity contribution >= 4 is 46.2 Å². The number of thiazole rings is 1. The average molecular weight is 387 g/mol. The van der Waals surface area contributed by atoms with Gasteiger partial charge in [-0.05, 0) is 25.0 Å². The molecule has 1 amide bonds. The molecule has 8 heteroatoms. The van der Waals surface area contributed by atoms with Crippen molar-refractivity contribution in [2.24, 2.45) is 5.92 Å². The summed E-state index contributed by atoms with van der Waals surface area (Å²) < 4.78 is 0.695. The second-order valence-electron chi connectivity index (χ2n) is 6.12. The molecule has 1 atom stereocenters. The molecule has 0 aliphatic rings. The van der Waals surface area contributed by atoms with Gasteiger partial charge < -0.3 is 10.4 Å². The maximum Gasteiger partial charge on any atom is 0.305 e. The van der Waals surface area contributed by atoms with Gasteiger partial charge >= 0.3 is 5.97 Å². The van der Waals surface area contributed by atoms with Gasteiger partial charge in [0.05, 0.1) is 27.7 Å². The number of halogens is 1. The van der Waals surface area contributed by atoms with E-state index >= 15 is 0 Å². The maximum absolute atomic E-state index is 12.3. The largest absolute Gasteiger partial charge is 0.481 e. The predicted molar refractivity (Wildman–Crippen MR) is 97.8 cm³/mol. The highest BCUT2D eigenvalue weighted by Gasteiger charge is 2.32. The van der Waals surface area contributed by atoms with Crippen molar-refractivity contribution < 1.29 is 14.7 Å². The van der Waals surface area contributed by atoms with Crippen molar-refractivity contribution in [3.05, 3.63) is 27.5 Å². The molecule has 0 aromatic carbocycles. The number of hydrogen-bond acceptors (Lipinski definition) is 5. The standard InChI is InChI=1S/C16H19ClN2O3S2/c1-9(2)16(3,7-14(21)22)19-13(20)6-10-8-23-15(18-10)11-4-5-12(17)24-11/h4-5,8-9H,6-7H2,1-3H3,(H,19,20)(H,21,22). The van der Waals surface area contributed by atoms with Crippen LogP contribution in [0.5, 0.6) is 0 Å². The third-order valence-electron chi connectivity index (χ3n) is 3.90. The number of carboxylic acids is 1. The summed E-state index contributed by atoms with van der Waals surface area (Å²) in [5.74, 6) is -1.16. The Balaban J connectivity index is 2.04. The fourth-order valence-electron chi connectivity index (χ4n) is 2.16. The van der Waals surface area contributed by atoms with Crippen LogP contribution >= 0.6 is 34.3 Å². The Kier molecular flexibility index (Phi) is 6.01. The number of carboxylic acid groups (broad SMARTS) is 1. The number of nitrogens with zero attached hydrogens (tertiary/aromatic N) is 1. The summed E-state index contributed by atoms with van der Waals surface area (Å²) in [6.45, 7) is 5.54. The summed E-state index contributed by atoms with van der Waals surface area (Å²) in [5.41, 5.74) is -0.123. The molecular formula is C16H19ClN2O3S2. The second kappa shape index (κ2) is 7.63. The number of aliphatic carboxylic acids is 1. The van der Waals surface area contributed by atoms with E-state index in [0.29, 0.717) is 10.0 Å². The van der Waals surface area contributed by atoms with Gasteiger partial charge in [0.25, 0.3) is 0 Å². The molecule has 2 heterocycles. The number of thiophene rings is 1. The van der Waals surface area contributed by atoms with Gasteiger partial charge in [-0.25, -0.2) is 4.98 Å². The van der Waals surface area contributed by atoms with Gasteiger partial charge in [-0.2, -0.15) is 0 Å². The Hall–Kier alpha value is -1.44. The SMILES string of the molecule is CC(C)C(C)(CC(=O)O)NC(=O)Cc1csc(-c2ccc(Cl)s2)n1. The summed E-state index contributed by atoms with van der Waals surface area (Å²) in [6, 6.07) is 3.72. The Labute approximate surface area is 153 Å². The summed E-state index contributed by atoms with van der Waals surface area (Å²) in [7, 11) is 0. The van der Waals surface area contributed by atoms with E-state index in [0.717, 1.165) is 9.88 Å². The van der Waals surface area contributed by atoms with E-state index in [2.05, 4.69) is 10.3 Å². The molecule has 0 saturated heterocycles. The zero-order chi connectivity index (χ0) is 17.9. The fourth-order valence-corrected chi connectivity index (χ4v) is 4.10. The Morgan fingerprint density at radius 3 is 2.67 bits per heavy atom. The van der Waals surface area contributed by atoms with Crippen LogP contribution in [0.2, 0.25) is 4.34 Å². The van der Waals surface area contributed by atoms with E-state index in [1.54, 1.807) is 6.92 Å². The van der Waals surface area contributed by atoms with Crippen LogP contribution in [0.4, 0.5) is 0 Å². The topological polar surface area (TPSA) is 79.3 Å². The number of hydrogen-bond donors (Lipinski definition) is 2. The zero-order valence-corrected chi connectivity index (χ0v) is 16.0. The molecule has 0 aliphatic heterocycles. The molecular weight excluding hydrogens is 368 g/mol. The molecule has 2 aromatic heterocycles. The monoisotopic (exact) mass is 386 g/mol. The van der Waals surface area contributed by atoms with Crippen molar-refractivity contribution in [3.8, 4) is 9.88 Å². The van der Waals surface area contributed by atoms with Crippen molar-refractivity contribution in [2.75, 3.05) is 0 Å². The normalized spacial score (nSPS) is 13.7. The van der Waals surface area contributed by atoms with E-state index in [1.807, 2.05) is 31.4 Å². The third kappa shape index (κ3) is 4.78. The first kappa shape index (κ1) is 18.9. The molecule has 0 spiro atoms. The lowest BCUT2D eigenvalue weighted by molar-refractivity contribution is -0.139. The van der Waals surface area contributed by atoms with Crippen LogP contribution in [-0.4, -0.2) is 27.5 Å². The molecule has 0 saturated carbocycles. The molecule has 2 rings (SSSR count). The van der Waals surface area contributed by atoms with Crippen molar-refractivity contribution in [2.45, 2.75) is 39.2 Å². The van der Waals surface area contributed by atoms with Crippen LogP contribution in [0.25, 0.3) is 9.88 Å². The van der Waals surface area contributed by atoms with Gasteiger partial charge in [-0.1, -0.05) is 25.4 Å². The van der Waals surface area contributed by atoms with Gasteiger partial charge in [0.15, 0.2) is 0 Å². The number of carbonyl (C=O) groups excluding carboxylic acids is 1. The minimum Gasteiger partial charge on any atom is -0.481 e. The van der Waals surface area contributed by atoms with Gasteiger partial charge in [0, 0.05) is 10.9 Å². The molecule has 5 nitrogen and oxygen atoms in total. The van der Waals surface area contributed by atoms with Gasteiger partial charge in [-0.15, -0.1) is 22.7 Å². The Morgan fingerprint density at radius 1 is 1.42 bits per heavy atom. The third-order valence-corrected chi connectivity index (χ3v) is 6.19. The number of carbonyl (C=O) groups is 2. The highest BCUT2D eigenvalue weighted by Crippen LogP contribution is 2.33. The van der Waals surface area contributed by atoms with Crippen LogP contribution < -0.4 is 5.32 Å². The molecule has 0 bridgehead atoms. The molecule has 0 fully saturated rings. The first-order valence-corrected chi connectivity index (χ1v) is 9.50. The molecule has 2 aromatic rings. The lowest BCUT2D eigenvalue weighted by Gasteiger charge is -2.33. The first-order chi connectivity index (χ1) is 11.2. The lowest BCUT2D eigenvalue weighted by atomic mass is 9.85. The first-order valence-electron chi connectivity index (χ1n) is 7.42. The number of aromatic nitrogens is 1. The molecule has 130 valence electrons. The second-order valence-corrected chi connectivity index (χ2v) is 8.69. The Bertz CT molecular complexity index is 741. The highest BCUT2D eigenvalue weighted by atomic mass is 35.5. The summed E-state index contributed by atoms with van der Waals surface area (Å²) in [6.07, 6.45) is 0.00392. The van der Waals surface area contributed by atoms with Gasteiger partial charge in [-0.3, -0.25) is 9.59 Å². The summed E-state index contributed by atoms with van der Waals surface area (Å²) in [4.78, 5) is 28.8. The predicted octanol–water partition coefficient (Wildman–Crippen LogP) is 4.07. The fraction of sp³-hybridized carbons (Fsp3) is 0.438. The van der Waals surface area contributed by atoms with Crippen LogP contribution in [0, 0.1) is 5.92 Å². The van der Waals surface area contributed by atoms with E-state index in [-0.39, 0.29) is 24.7 Å². The van der Waals surface area contributed by atoms with Gasteiger partial charge in [0.2, 0.25) is 5.91 Å². The van der Waals surface area contributed by atoms with Crippen LogP contribution in [0.3, 0.4) is 0 Å². The zero-order valence-electron chi connectivity index (χ0n) is 13.6. The molecule has 0 aliphatic carbocycles. The smallest absolute Gasteiger partial charge is 0.305 e. The molecule has 24 heavy (non-hydrogen) atoms. The quantitative estimate of drug-likeness (QED) is 0.751. The number of rotatable bonds is 7. The van der Waals surface area contributed by atoms with Crippen LogP contribution in [-0.2, 0) is 16.0 Å². The summed E-state index contributed by atoms with van der Waals surface area (Å²) >= 11 is 8.83. The summed E-state index contributed by atoms with van der Waals surface area (Å²) in [5, 5.41) is 14.6. The molecule has 0 radical (unpaired) electrons. The number of nitrogens with one attached hydrogen (secondary N) is 1. The van der Waals surface area contributed by atoms with Crippen molar-refractivity contribution in [3.63, 3.8) is 0 Å². The number of amides is 1. The van der Waals surface area contributed by atoms with Gasteiger partial charge in [0.1, 0.15) is 5.01 Å². The van der Waals surface area contributed by atoms with Crippen LogP contribution in [0.15, 0.2) is 17.5 Å². The van der Waals surface area contributed by atoms with E-state index in [9.17, 15) is 9.59 Å². The minimum absolute atomic E-state index is 0.00296. The maximum atomic E-state index is 12.3. The van der Waals surface area contributed by atoms with E-state index < -0.39 is 11.5 Å². The van der Waals surface area contributed by atoms with Crippen molar-refractivity contribution in [1.82, 2.24) is 10.3 Å². The highest BCUT2D eigenvalue weighted by molar-refractivity contribution is 7.23. The van der Waals surface area contributed by atoms with Crippen LogP contribution in [0.1, 0.15) is 32.9 Å². The molecule has 2 N–H and O–H groups in total. The lowest BCUT2D eigenvalue weighted by Crippen LogP contribution is -2.51. The van der Waals surface area contributed by atoms with Crippen molar-refractivity contribution in [1.29, 1.82) is 0 Å². The Morgan fingerprint density at radius 2 is 2.12 bits per heavy atom. The molecule has 1 unspecified atom stereocenters. The van der Waals surface area contributed by atoms with E-state index in [4.69, 9.17) is 16.7 Å². The van der Waals surface area contributed by atoms with E-state index in [1.165, 1.54) is 22.7 Å². The minimum atomic E-state index is -0.933.